The summed E-state index contributed by atoms with van der Waals surface area (Å²) in [4.78, 5) is 15.9. The number of rotatable bonds is 8. The van der Waals surface area contributed by atoms with E-state index in [-0.39, 0.29) is 5.91 Å². The summed E-state index contributed by atoms with van der Waals surface area (Å²) in [6, 6.07) is 7.54. The van der Waals surface area contributed by atoms with Gasteiger partial charge in [0.05, 0.1) is 12.2 Å². The van der Waals surface area contributed by atoms with Gasteiger partial charge in [-0.15, -0.1) is 0 Å². The molecule has 0 radical (unpaired) electrons. The van der Waals surface area contributed by atoms with E-state index in [1.165, 1.54) is 0 Å². The van der Waals surface area contributed by atoms with Gasteiger partial charge in [-0.2, -0.15) is 4.98 Å². The second kappa shape index (κ2) is 8.17. The molecule has 0 saturated carbocycles. The van der Waals surface area contributed by atoms with Crippen LogP contribution in [0.1, 0.15) is 32.6 Å². The van der Waals surface area contributed by atoms with Crippen LogP contribution in [0.4, 0.5) is 0 Å². The fraction of sp³-hybridized carbons (Fsp3) is 0.438. The van der Waals surface area contributed by atoms with Crippen molar-refractivity contribution in [2.45, 2.75) is 33.1 Å². The van der Waals surface area contributed by atoms with E-state index in [4.69, 9.17) is 9.26 Å². The van der Waals surface area contributed by atoms with E-state index >= 15 is 0 Å². The van der Waals surface area contributed by atoms with Crippen LogP contribution in [0.2, 0.25) is 0 Å². The van der Waals surface area contributed by atoms with Crippen LogP contribution in [0.5, 0.6) is 5.75 Å². The second-order valence-electron chi connectivity index (χ2n) is 4.79. The predicted molar refractivity (Wildman–Crippen MR) is 82.5 cm³/mol. The van der Waals surface area contributed by atoms with Crippen LogP contribution in [-0.2, 0) is 11.2 Å². The first-order valence-electron chi connectivity index (χ1n) is 7.56. The van der Waals surface area contributed by atoms with E-state index in [1.807, 2.05) is 38.1 Å². The summed E-state index contributed by atoms with van der Waals surface area (Å²) in [5, 5.41) is 6.79. The average molecular weight is 303 g/mol. The molecular formula is C16H21N3O3. The monoisotopic (exact) mass is 303 g/mol. The van der Waals surface area contributed by atoms with Gasteiger partial charge in [0.15, 0.2) is 0 Å². The van der Waals surface area contributed by atoms with Gasteiger partial charge in [-0.05, 0) is 25.5 Å². The number of carbonyl (C=O) groups excluding carboxylic acids is 1. The lowest BCUT2D eigenvalue weighted by Crippen LogP contribution is -2.24. The standard InChI is InChI=1S/C16H21N3O3/c1-3-11-17-14(20)9-10-15-18-16(19-22-15)12-7-5-6-8-13(12)21-4-2/h5-8H,3-4,9-11H2,1-2H3,(H,17,20). The summed E-state index contributed by atoms with van der Waals surface area (Å²) in [6.07, 6.45) is 1.69. The van der Waals surface area contributed by atoms with Crippen molar-refractivity contribution < 1.29 is 14.1 Å². The van der Waals surface area contributed by atoms with Crippen LogP contribution < -0.4 is 10.1 Å². The Morgan fingerprint density at radius 2 is 2.14 bits per heavy atom. The van der Waals surface area contributed by atoms with Crippen molar-refractivity contribution >= 4 is 5.91 Å². The summed E-state index contributed by atoms with van der Waals surface area (Å²) in [6.45, 7) is 5.20. The number of aromatic nitrogens is 2. The van der Waals surface area contributed by atoms with Crippen LogP contribution in [0.25, 0.3) is 11.4 Å². The van der Waals surface area contributed by atoms with Crippen molar-refractivity contribution in [1.82, 2.24) is 15.5 Å². The van der Waals surface area contributed by atoms with Crippen LogP contribution in [-0.4, -0.2) is 29.2 Å². The van der Waals surface area contributed by atoms with E-state index in [1.54, 1.807) is 0 Å². The minimum atomic E-state index is -0.00341. The zero-order valence-corrected chi connectivity index (χ0v) is 13.0. The lowest BCUT2D eigenvalue weighted by Gasteiger charge is -2.06. The first-order valence-corrected chi connectivity index (χ1v) is 7.56. The number of ether oxygens (including phenoxy) is 1. The lowest BCUT2D eigenvalue weighted by atomic mass is 10.2. The minimum Gasteiger partial charge on any atom is -0.493 e. The summed E-state index contributed by atoms with van der Waals surface area (Å²) in [5.41, 5.74) is 0.787. The van der Waals surface area contributed by atoms with Gasteiger partial charge in [0, 0.05) is 19.4 Å². The quantitative estimate of drug-likeness (QED) is 0.811. The van der Waals surface area contributed by atoms with E-state index in [0.717, 1.165) is 17.7 Å². The average Bonchev–Trinajstić information content (AvgIpc) is 3.00. The number of aryl methyl sites for hydroxylation is 1. The fourth-order valence-corrected chi connectivity index (χ4v) is 1.97. The molecule has 0 saturated heterocycles. The molecule has 1 aromatic heterocycles. The molecule has 0 fully saturated rings. The van der Waals surface area contributed by atoms with Crippen LogP contribution in [0.15, 0.2) is 28.8 Å². The Morgan fingerprint density at radius 1 is 1.32 bits per heavy atom. The number of nitrogens with one attached hydrogen (secondary N) is 1. The molecule has 2 rings (SSSR count). The Bertz CT molecular complexity index is 610. The number of para-hydroxylation sites is 1. The number of hydrogen-bond acceptors (Lipinski definition) is 5. The molecule has 118 valence electrons. The number of benzene rings is 1. The fourth-order valence-electron chi connectivity index (χ4n) is 1.97. The van der Waals surface area contributed by atoms with E-state index in [2.05, 4.69) is 15.5 Å². The third kappa shape index (κ3) is 4.31. The molecule has 1 N–H and O–H groups in total. The van der Waals surface area contributed by atoms with Gasteiger partial charge in [-0.25, -0.2) is 0 Å². The molecule has 6 heteroatoms. The third-order valence-electron chi connectivity index (χ3n) is 3.03. The Hall–Kier alpha value is -2.37. The molecule has 0 bridgehead atoms. The number of carbonyl (C=O) groups is 1. The maximum Gasteiger partial charge on any atom is 0.227 e. The zero-order chi connectivity index (χ0) is 15.8. The number of nitrogens with zero attached hydrogens (tertiary/aromatic N) is 2. The van der Waals surface area contributed by atoms with Crippen molar-refractivity contribution in [3.05, 3.63) is 30.2 Å². The highest BCUT2D eigenvalue weighted by Gasteiger charge is 2.13. The maximum atomic E-state index is 11.6. The van der Waals surface area contributed by atoms with Gasteiger partial charge in [0.1, 0.15) is 5.75 Å². The van der Waals surface area contributed by atoms with Gasteiger partial charge in [0.2, 0.25) is 17.6 Å². The Balaban J connectivity index is 2.01. The Labute approximate surface area is 129 Å². The predicted octanol–water partition coefficient (Wildman–Crippen LogP) is 2.59. The number of hydrogen-bond donors (Lipinski definition) is 1. The molecule has 0 atom stereocenters. The largest absolute Gasteiger partial charge is 0.493 e. The smallest absolute Gasteiger partial charge is 0.227 e. The second-order valence-corrected chi connectivity index (χ2v) is 4.79. The number of amides is 1. The normalized spacial score (nSPS) is 10.5. The summed E-state index contributed by atoms with van der Waals surface area (Å²) >= 11 is 0. The van der Waals surface area contributed by atoms with Gasteiger partial charge in [0.25, 0.3) is 0 Å². The van der Waals surface area contributed by atoms with Crippen LogP contribution in [0, 0.1) is 0 Å². The summed E-state index contributed by atoms with van der Waals surface area (Å²) in [5.74, 6) is 1.65. The molecule has 6 nitrogen and oxygen atoms in total. The minimum absolute atomic E-state index is 0.00341. The highest BCUT2D eigenvalue weighted by Crippen LogP contribution is 2.27. The summed E-state index contributed by atoms with van der Waals surface area (Å²) < 4.78 is 10.8. The van der Waals surface area contributed by atoms with Crippen molar-refractivity contribution in [3.8, 4) is 17.1 Å². The summed E-state index contributed by atoms with van der Waals surface area (Å²) in [7, 11) is 0. The zero-order valence-electron chi connectivity index (χ0n) is 13.0. The van der Waals surface area contributed by atoms with Crippen LogP contribution in [0.3, 0.4) is 0 Å². The van der Waals surface area contributed by atoms with Crippen LogP contribution >= 0.6 is 0 Å². The van der Waals surface area contributed by atoms with E-state index in [9.17, 15) is 4.79 Å². The molecule has 2 aromatic rings. The maximum absolute atomic E-state index is 11.6. The van der Waals surface area contributed by atoms with Gasteiger partial charge in [-0.3, -0.25) is 4.79 Å². The highest BCUT2D eigenvalue weighted by molar-refractivity contribution is 5.76. The molecule has 0 unspecified atom stereocenters. The molecule has 0 spiro atoms. The Morgan fingerprint density at radius 3 is 2.91 bits per heavy atom. The third-order valence-corrected chi connectivity index (χ3v) is 3.03. The van der Waals surface area contributed by atoms with E-state index < -0.39 is 0 Å². The molecule has 1 amide bonds. The van der Waals surface area contributed by atoms with Crippen molar-refractivity contribution in [2.24, 2.45) is 0 Å². The van der Waals surface area contributed by atoms with Crippen molar-refractivity contribution in [3.63, 3.8) is 0 Å². The SMILES string of the molecule is CCCNC(=O)CCc1nc(-c2ccccc2OCC)no1. The molecule has 1 aromatic carbocycles. The van der Waals surface area contributed by atoms with Gasteiger partial charge in [-0.1, -0.05) is 24.2 Å². The van der Waals surface area contributed by atoms with Crippen molar-refractivity contribution in [1.29, 1.82) is 0 Å². The molecule has 22 heavy (non-hydrogen) atoms. The first kappa shape index (κ1) is 16.0. The van der Waals surface area contributed by atoms with Gasteiger partial charge >= 0.3 is 0 Å². The highest BCUT2D eigenvalue weighted by atomic mass is 16.5. The molecule has 1 heterocycles. The molecule has 0 aliphatic carbocycles. The van der Waals surface area contributed by atoms with Crippen molar-refractivity contribution in [2.75, 3.05) is 13.2 Å². The molecule has 0 aliphatic heterocycles. The van der Waals surface area contributed by atoms with Gasteiger partial charge < -0.3 is 14.6 Å². The van der Waals surface area contributed by atoms with E-state index in [0.29, 0.717) is 37.7 Å². The first-order chi connectivity index (χ1) is 10.7. The Kier molecular flexibility index (Phi) is 5.94. The molecular weight excluding hydrogens is 282 g/mol. The lowest BCUT2D eigenvalue weighted by molar-refractivity contribution is -0.121. The topological polar surface area (TPSA) is 77.2 Å². The molecule has 0 aliphatic rings.